The zero-order valence-electron chi connectivity index (χ0n) is 8.63. The quantitative estimate of drug-likeness (QED) is 0.774. The molecular weight excluding hydrogens is 252 g/mol. The summed E-state index contributed by atoms with van der Waals surface area (Å²) in [5.74, 6) is 0. The molecule has 0 fully saturated rings. The van der Waals surface area contributed by atoms with E-state index in [4.69, 9.17) is 0 Å². The number of nitrogens with zero attached hydrogens (tertiary/aromatic N) is 1. The maximum absolute atomic E-state index is 3.54. The minimum atomic E-state index is 0.542. The van der Waals surface area contributed by atoms with Gasteiger partial charge in [-0.2, -0.15) is 0 Å². The SMILES string of the molecule is C[C@@H]1CNCc2cc3ccc(Br)cc3n21. The highest BCUT2D eigenvalue weighted by Gasteiger charge is 2.17. The van der Waals surface area contributed by atoms with Gasteiger partial charge >= 0.3 is 0 Å². The Balaban J connectivity index is 2.33. The van der Waals surface area contributed by atoms with Crippen LogP contribution in [0.15, 0.2) is 28.7 Å². The molecule has 0 radical (unpaired) electrons. The molecule has 3 heteroatoms. The first kappa shape index (κ1) is 9.43. The molecule has 0 spiro atoms. The molecule has 1 aromatic carbocycles. The molecule has 1 aromatic heterocycles. The van der Waals surface area contributed by atoms with E-state index in [1.54, 1.807) is 0 Å². The molecule has 0 aliphatic carbocycles. The minimum Gasteiger partial charge on any atom is -0.339 e. The number of rotatable bonds is 0. The van der Waals surface area contributed by atoms with Crippen molar-refractivity contribution in [2.75, 3.05) is 6.54 Å². The summed E-state index contributed by atoms with van der Waals surface area (Å²) < 4.78 is 3.60. The zero-order chi connectivity index (χ0) is 10.4. The Hall–Kier alpha value is -0.800. The molecule has 1 aliphatic rings. The number of fused-ring (bicyclic) bond motifs is 3. The normalized spacial score (nSPS) is 20.5. The number of hydrogen-bond donors (Lipinski definition) is 1. The molecule has 2 heterocycles. The van der Waals surface area contributed by atoms with Gasteiger partial charge in [0.05, 0.1) is 0 Å². The molecular formula is C12H13BrN2. The van der Waals surface area contributed by atoms with Crippen molar-refractivity contribution in [1.82, 2.24) is 9.88 Å². The summed E-state index contributed by atoms with van der Waals surface area (Å²) in [7, 11) is 0. The van der Waals surface area contributed by atoms with Gasteiger partial charge in [-0.3, -0.25) is 0 Å². The van der Waals surface area contributed by atoms with Crippen LogP contribution in [0.1, 0.15) is 18.7 Å². The van der Waals surface area contributed by atoms with Crippen LogP contribution in [0.2, 0.25) is 0 Å². The van der Waals surface area contributed by atoms with Crippen LogP contribution < -0.4 is 5.32 Å². The molecule has 1 N–H and O–H groups in total. The Morgan fingerprint density at radius 2 is 2.27 bits per heavy atom. The summed E-state index contributed by atoms with van der Waals surface area (Å²) in [6, 6.07) is 9.31. The van der Waals surface area contributed by atoms with E-state index >= 15 is 0 Å². The van der Waals surface area contributed by atoms with E-state index in [1.165, 1.54) is 16.6 Å². The van der Waals surface area contributed by atoms with Gasteiger partial charge in [0.2, 0.25) is 0 Å². The Labute approximate surface area is 97.4 Å². The lowest BCUT2D eigenvalue weighted by atomic mass is 10.2. The molecule has 1 aliphatic heterocycles. The van der Waals surface area contributed by atoms with Gasteiger partial charge in [-0.25, -0.2) is 0 Å². The summed E-state index contributed by atoms with van der Waals surface area (Å²) in [5, 5.41) is 4.77. The molecule has 15 heavy (non-hydrogen) atoms. The Morgan fingerprint density at radius 3 is 3.13 bits per heavy atom. The van der Waals surface area contributed by atoms with Crippen LogP contribution in [0.25, 0.3) is 10.9 Å². The van der Waals surface area contributed by atoms with Crippen molar-refractivity contribution in [2.45, 2.75) is 19.5 Å². The van der Waals surface area contributed by atoms with Crippen molar-refractivity contribution < 1.29 is 0 Å². The fraction of sp³-hybridized carbons (Fsp3) is 0.333. The third-order valence-corrected chi connectivity index (χ3v) is 3.56. The van der Waals surface area contributed by atoms with Crippen molar-refractivity contribution in [1.29, 1.82) is 0 Å². The summed E-state index contributed by atoms with van der Waals surface area (Å²) in [6.45, 7) is 4.30. The molecule has 78 valence electrons. The third kappa shape index (κ3) is 1.42. The summed E-state index contributed by atoms with van der Waals surface area (Å²) in [5.41, 5.74) is 2.73. The largest absolute Gasteiger partial charge is 0.339 e. The molecule has 2 aromatic rings. The van der Waals surface area contributed by atoms with E-state index in [1.807, 2.05) is 0 Å². The number of hydrogen-bond acceptors (Lipinski definition) is 1. The lowest BCUT2D eigenvalue weighted by Crippen LogP contribution is -2.30. The minimum absolute atomic E-state index is 0.542. The second-order valence-electron chi connectivity index (χ2n) is 4.19. The van der Waals surface area contributed by atoms with E-state index in [-0.39, 0.29) is 0 Å². The van der Waals surface area contributed by atoms with Crippen LogP contribution in [-0.2, 0) is 6.54 Å². The third-order valence-electron chi connectivity index (χ3n) is 3.07. The zero-order valence-corrected chi connectivity index (χ0v) is 10.2. The fourth-order valence-corrected chi connectivity index (χ4v) is 2.76. The average Bonchev–Trinajstić information content (AvgIpc) is 2.57. The molecule has 0 amide bonds. The molecule has 2 nitrogen and oxygen atoms in total. The predicted octanol–water partition coefficient (Wildman–Crippen LogP) is 3.07. The first-order valence-electron chi connectivity index (χ1n) is 5.26. The van der Waals surface area contributed by atoms with E-state index < -0.39 is 0 Å². The van der Waals surface area contributed by atoms with Crippen molar-refractivity contribution in [3.05, 3.63) is 34.4 Å². The maximum atomic E-state index is 3.54. The van der Waals surface area contributed by atoms with Crippen LogP contribution >= 0.6 is 15.9 Å². The fourth-order valence-electron chi connectivity index (χ4n) is 2.41. The van der Waals surface area contributed by atoms with Gasteiger partial charge in [0, 0.05) is 34.8 Å². The van der Waals surface area contributed by atoms with Gasteiger partial charge in [0.1, 0.15) is 0 Å². The molecule has 0 saturated heterocycles. The van der Waals surface area contributed by atoms with Crippen LogP contribution in [-0.4, -0.2) is 11.1 Å². The van der Waals surface area contributed by atoms with Gasteiger partial charge in [0.15, 0.2) is 0 Å². The second-order valence-corrected chi connectivity index (χ2v) is 5.10. The first-order chi connectivity index (χ1) is 7.25. The Morgan fingerprint density at radius 1 is 1.40 bits per heavy atom. The molecule has 0 bridgehead atoms. The molecule has 0 unspecified atom stereocenters. The topological polar surface area (TPSA) is 17.0 Å². The second kappa shape index (κ2) is 3.35. The highest BCUT2D eigenvalue weighted by atomic mass is 79.9. The van der Waals surface area contributed by atoms with Crippen molar-refractivity contribution in [2.24, 2.45) is 0 Å². The summed E-state index contributed by atoms with van der Waals surface area (Å²) in [6.07, 6.45) is 0. The lowest BCUT2D eigenvalue weighted by Gasteiger charge is -2.24. The van der Waals surface area contributed by atoms with Gasteiger partial charge in [-0.1, -0.05) is 22.0 Å². The van der Waals surface area contributed by atoms with Crippen molar-refractivity contribution in [3.8, 4) is 0 Å². The van der Waals surface area contributed by atoms with Crippen molar-refractivity contribution in [3.63, 3.8) is 0 Å². The van der Waals surface area contributed by atoms with Crippen molar-refractivity contribution >= 4 is 26.8 Å². The lowest BCUT2D eigenvalue weighted by molar-refractivity contribution is 0.439. The Bertz CT molecular complexity index is 516. The van der Waals surface area contributed by atoms with Gasteiger partial charge in [0.25, 0.3) is 0 Å². The monoisotopic (exact) mass is 264 g/mol. The van der Waals surface area contributed by atoms with Gasteiger partial charge in [-0.15, -0.1) is 0 Å². The standard InChI is InChI=1S/C12H13BrN2/c1-8-6-14-7-11-4-9-2-3-10(13)5-12(9)15(8)11/h2-5,8,14H,6-7H2,1H3/t8-/m1/s1. The first-order valence-corrected chi connectivity index (χ1v) is 6.05. The average molecular weight is 265 g/mol. The smallest absolute Gasteiger partial charge is 0.0497 e. The number of aromatic nitrogens is 1. The van der Waals surface area contributed by atoms with E-state index in [9.17, 15) is 0 Å². The number of nitrogens with one attached hydrogen (secondary N) is 1. The van der Waals surface area contributed by atoms with Crippen LogP contribution in [0.4, 0.5) is 0 Å². The highest BCUT2D eigenvalue weighted by Crippen LogP contribution is 2.28. The molecule has 0 saturated carbocycles. The Kier molecular flexibility index (Phi) is 2.11. The number of benzene rings is 1. The summed E-state index contributed by atoms with van der Waals surface area (Å²) in [4.78, 5) is 0. The highest BCUT2D eigenvalue weighted by molar-refractivity contribution is 9.10. The van der Waals surface area contributed by atoms with Crippen LogP contribution in [0.5, 0.6) is 0 Å². The summed E-state index contributed by atoms with van der Waals surface area (Å²) >= 11 is 3.54. The predicted molar refractivity (Wildman–Crippen MR) is 66.1 cm³/mol. The molecule has 1 atom stereocenters. The van der Waals surface area contributed by atoms with Crippen LogP contribution in [0.3, 0.4) is 0 Å². The van der Waals surface area contributed by atoms with Gasteiger partial charge < -0.3 is 9.88 Å². The van der Waals surface area contributed by atoms with E-state index in [0.717, 1.165) is 17.6 Å². The number of halogens is 1. The molecule has 3 rings (SSSR count). The van der Waals surface area contributed by atoms with E-state index in [0.29, 0.717) is 6.04 Å². The van der Waals surface area contributed by atoms with E-state index in [2.05, 4.69) is 57.0 Å². The van der Waals surface area contributed by atoms with Crippen LogP contribution in [0, 0.1) is 0 Å². The maximum Gasteiger partial charge on any atom is 0.0497 e. The van der Waals surface area contributed by atoms with Gasteiger partial charge in [-0.05, 0) is 30.5 Å².